The van der Waals surface area contributed by atoms with E-state index < -0.39 is 0 Å². The average molecular weight is 519 g/mol. The lowest BCUT2D eigenvalue weighted by Crippen LogP contribution is -2.48. The summed E-state index contributed by atoms with van der Waals surface area (Å²) in [5.74, 6) is 0.820. The Balaban J connectivity index is 1.34. The van der Waals surface area contributed by atoms with Crippen LogP contribution in [0.4, 0.5) is 4.39 Å². The first-order valence-electron chi connectivity index (χ1n) is 13.9. The van der Waals surface area contributed by atoms with Gasteiger partial charge in [-0.2, -0.15) is 5.10 Å². The molecule has 1 fully saturated rings. The number of likely N-dealkylation sites (tertiary alicyclic amines) is 1. The number of aromatic nitrogens is 2. The minimum absolute atomic E-state index is 0.0184. The molecule has 202 valence electrons. The van der Waals surface area contributed by atoms with Crippen molar-refractivity contribution in [1.82, 2.24) is 19.6 Å². The van der Waals surface area contributed by atoms with Crippen LogP contribution in [0.2, 0.25) is 0 Å². The van der Waals surface area contributed by atoms with Crippen LogP contribution in [-0.4, -0.2) is 58.3 Å². The quantitative estimate of drug-likeness (QED) is 0.466. The second kappa shape index (κ2) is 11.7. The molecular formula is C31H39FN4O2. The zero-order valence-electron chi connectivity index (χ0n) is 22.7. The number of para-hydroxylation sites is 1. The van der Waals surface area contributed by atoms with E-state index in [1.54, 1.807) is 10.7 Å². The molecule has 0 radical (unpaired) electrons. The topological polar surface area (TPSA) is 50.6 Å². The number of piperidine rings is 1. The number of ether oxygens (including phenoxy) is 1. The first-order valence-corrected chi connectivity index (χ1v) is 13.9. The molecule has 1 aromatic heterocycles. The van der Waals surface area contributed by atoms with E-state index in [0.29, 0.717) is 24.4 Å². The third-order valence-electron chi connectivity index (χ3n) is 8.40. The van der Waals surface area contributed by atoms with Gasteiger partial charge >= 0.3 is 0 Å². The van der Waals surface area contributed by atoms with Gasteiger partial charge in [-0.1, -0.05) is 42.8 Å². The van der Waals surface area contributed by atoms with Crippen LogP contribution in [0.25, 0.3) is 0 Å². The van der Waals surface area contributed by atoms with Gasteiger partial charge < -0.3 is 9.64 Å². The smallest absolute Gasteiger partial charge is 0.274 e. The molecule has 2 aliphatic rings. The van der Waals surface area contributed by atoms with E-state index in [1.165, 1.54) is 11.6 Å². The van der Waals surface area contributed by atoms with Gasteiger partial charge in [-0.05, 0) is 68.2 Å². The van der Waals surface area contributed by atoms with Gasteiger partial charge in [0.2, 0.25) is 0 Å². The number of hydrogen-bond acceptors (Lipinski definition) is 4. The Kier molecular flexibility index (Phi) is 8.12. The molecule has 3 aromatic rings. The summed E-state index contributed by atoms with van der Waals surface area (Å²) >= 11 is 0. The zero-order valence-corrected chi connectivity index (χ0v) is 22.7. The molecule has 2 aliphatic heterocycles. The Labute approximate surface area is 225 Å². The Morgan fingerprint density at radius 3 is 2.55 bits per heavy atom. The molecule has 38 heavy (non-hydrogen) atoms. The van der Waals surface area contributed by atoms with Crippen molar-refractivity contribution in [2.75, 3.05) is 32.8 Å². The van der Waals surface area contributed by atoms with Crippen molar-refractivity contribution in [1.29, 1.82) is 0 Å². The van der Waals surface area contributed by atoms with E-state index in [2.05, 4.69) is 28.2 Å². The van der Waals surface area contributed by atoms with Crippen LogP contribution in [0.15, 0.2) is 54.6 Å². The first-order chi connectivity index (χ1) is 18.4. The standard InChI is InChI=1S/C31H39FN4O2/c1-24-21-28(33-34(24)2)30(37)36-17-15-31(16-18-36)14-8-7-10-25-9-4-6-13-29(25)38-20-19-35(23-31)22-26-11-3-5-12-27(26)32/h3-6,9,11-13,21H,7-8,10,14-20,22-23H2,1-2H3. The summed E-state index contributed by atoms with van der Waals surface area (Å²) < 4.78 is 22.6. The van der Waals surface area contributed by atoms with Gasteiger partial charge in [-0.3, -0.25) is 14.4 Å². The maximum Gasteiger partial charge on any atom is 0.274 e. The van der Waals surface area contributed by atoms with Crippen LogP contribution < -0.4 is 4.74 Å². The van der Waals surface area contributed by atoms with Crippen molar-refractivity contribution < 1.29 is 13.9 Å². The fourth-order valence-corrected chi connectivity index (χ4v) is 6.01. The number of halogens is 1. The van der Waals surface area contributed by atoms with E-state index in [9.17, 15) is 9.18 Å². The average Bonchev–Trinajstić information content (AvgIpc) is 3.26. The highest BCUT2D eigenvalue weighted by molar-refractivity contribution is 5.92. The number of amides is 1. The number of hydrogen-bond donors (Lipinski definition) is 0. The summed E-state index contributed by atoms with van der Waals surface area (Å²) in [5, 5.41) is 4.41. The predicted octanol–water partition coefficient (Wildman–Crippen LogP) is 5.40. The molecule has 1 saturated heterocycles. The summed E-state index contributed by atoms with van der Waals surface area (Å²) in [6.07, 6.45) is 6.22. The highest BCUT2D eigenvalue weighted by Gasteiger charge is 2.38. The Morgan fingerprint density at radius 1 is 1.03 bits per heavy atom. The number of carbonyl (C=O) groups is 1. The molecule has 2 aromatic carbocycles. The van der Waals surface area contributed by atoms with Gasteiger partial charge in [0, 0.05) is 51.0 Å². The SMILES string of the molecule is Cc1cc(C(=O)N2CCC3(CCCCc4ccccc4OCCN(Cc4ccccc4F)C3)CC2)nn1C. The third-order valence-corrected chi connectivity index (χ3v) is 8.40. The van der Waals surface area contributed by atoms with Gasteiger partial charge in [0.05, 0.1) is 0 Å². The van der Waals surface area contributed by atoms with Crippen LogP contribution in [-0.2, 0) is 20.0 Å². The van der Waals surface area contributed by atoms with Gasteiger partial charge in [-0.25, -0.2) is 4.39 Å². The molecule has 1 spiro atoms. The summed E-state index contributed by atoms with van der Waals surface area (Å²) in [5.41, 5.74) is 3.56. The molecule has 0 N–H and O–H groups in total. The molecule has 5 rings (SSSR count). The normalized spacial score (nSPS) is 18.8. The van der Waals surface area contributed by atoms with Crippen molar-refractivity contribution in [2.45, 2.75) is 52.0 Å². The van der Waals surface area contributed by atoms with E-state index in [1.807, 2.05) is 43.1 Å². The Morgan fingerprint density at radius 2 is 1.79 bits per heavy atom. The number of benzene rings is 2. The molecule has 0 aliphatic carbocycles. The van der Waals surface area contributed by atoms with E-state index in [-0.39, 0.29) is 17.1 Å². The monoisotopic (exact) mass is 518 g/mol. The highest BCUT2D eigenvalue weighted by atomic mass is 19.1. The maximum atomic E-state index is 14.6. The molecule has 0 unspecified atom stereocenters. The maximum absolute atomic E-state index is 14.6. The Hall–Kier alpha value is -3.19. The minimum atomic E-state index is -0.162. The predicted molar refractivity (Wildman–Crippen MR) is 147 cm³/mol. The van der Waals surface area contributed by atoms with Crippen molar-refractivity contribution in [2.24, 2.45) is 12.5 Å². The molecule has 7 heteroatoms. The van der Waals surface area contributed by atoms with Crippen LogP contribution in [0.3, 0.4) is 0 Å². The lowest BCUT2D eigenvalue weighted by Gasteiger charge is -2.45. The molecule has 3 heterocycles. The van der Waals surface area contributed by atoms with E-state index >= 15 is 0 Å². The summed E-state index contributed by atoms with van der Waals surface area (Å²) in [6, 6.07) is 17.3. The van der Waals surface area contributed by atoms with Crippen LogP contribution in [0, 0.1) is 18.2 Å². The van der Waals surface area contributed by atoms with Crippen molar-refractivity contribution in [3.8, 4) is 5.75 Å². The van der Waals surface area contributed by atoms with Crippen molar-refractivity contribution >= 4 is 5.91 Å². The summed E-state index contributed by atoms with van der Waals surface area (Å²) in [4.78, 5) is 17.5. The molecule has 1 amide bonds. The number of fused-ring (bicyclic) bond motifs is 1. The number of aryl methyl sites for hydroxylation is 3. The van der Waals surface area contributed by atoms with Gasteiger partial charge in [0.15, 0.2) is 5.69 Å². The lowest BCUT2D eigenvalue weighted by atomic mass is 9.73. The fourth-order valence-electron chi connectivity index (χ4n) is 6.01. The minimum Gasteiger partial charge on any atom is -0.492 e. The Bertz CT molecular complexity index is 1230. The molecule has 6 nitrogen and oxygen atoms in total. The van der Waals surface area contributed by atoms with Crippen molar-refractivity contribution in [3.05, 3.63) is 82.9 Å². The lowest BCUT2D eigenvalue weighted by molar-refractivity contribution is 0.0355. The van der Waals surface area contributed by atoms with Gasteiger partial charge in [-0.15, -0.1) is 0 Å². The largest absolute Gasteiger partial charge is 0.492 e. The van der Waals surface area contributed by atoms with Gasteiger partial charge in [0.1, 0.15) is 18.2 Å². The number of rotatable bonds is 3. The molecule has 0 atom stereocenters. The van der Waals surface area contributed by atoms with E-state index in [0.717, 1.165) is 76.1 Å². The van der Waals surface area contributed by atoms with Crippen molar-refractivity contribution in [3.63, 3.8) is 0 Å². The van der Waals surface area contributed by atoms with Gasteiger partial charge in [0.25, 0.3) is 5.91 Å². The summed E-state index contributed by atoms with van der Waals surface area (Å²) in [6.45, 7) is 6.12. The molecule has 0 saturated carbocycles. The second-order valence-electron chi connectivity index (χ2n) is 11.1. The van der Waals surface area contributed by atoms with Crippen LogP contribution in [0.1, 0.15) is 59.4 Å². The van der Waals surface area contributed by atoms with E-state index in [4.69, 9.17) is 4.74 Å². The second-order valence-corrected chi connectivity index (χ2v) is 11.1. The zero-order chi connectivity index (χ0) is 26.5. The number of carbonyl (C=O) groups excluding carboxylic acids is 1. The summed E-state index contributed by atoms with van der Waals surface area (Å²) in [7, 11) is 1.87. The fraction of sp³-hybridized carbons (Fsp3) is 0.484. The van der Waals surface area contributed by atoms with Crippen LogP contribution >= 0.6 is 0 Å². The molecular weight excluding hydrogens is 479 g/mol. The van der Waals surface area contributed by atoms with Crippen LogP contribution in [0.5, 0.6) is 5.75 Å². The molecule has 0 bridgehead atoms. The number of nitrogens with zero attached hydrogens (tertiary/aromatic N) is 4. The first kappa shape index (κ1) is 26.4. The third kappa shape index (κ3) is 6.09. The highest BCUT2D eigenvalue weighted by Crippen LogP contribution is 2.39.